The normalized spacial score (nSPS) is 16.5. The first kappa shape index (κ1) is 17.7. The quantitative estimate of drug-likeness (QED) is 0.846. The minimum absolute atomic E-state index is 0.0588. The van der Waals surface area contributed by atoms with E-state index in [1.807, 2.05) is 0 Å². The molecule has 1 heterocycles. The van der Waals surface area contributed by atoms with Gasteiger partial charge in [0.05, 0.1) is 5.69 Å². The van der Waals surface area contributed by atoms with Crippen LogP contribution in [0.4, 0.5) is 14.5 Å². The summed E-state index contributed by atoms with van der Waals surface area (Å²) in [6.45, 7) is 1.27. The molecule has 2 atom stereocenters. The van der Waals surface area contributed by atoms with Gasteiger partial charge in [-0.05, 0) is 31.2 Å². The zero-order chi connectivity index (χ0) is 18.7. The molecule has 136 valence electrons. The number of carbonyl (C=O) groups excluding carboxylic acids is 2. The maximum atomic E-state index is 13.6. The van der Waals surface area contributed by atoms with Crippen LogP contribution in [-0.4, -0.2) is 30.7 Å². The number of benzene rings is 2. The van der Waals surface area contributed by atoms with Gasteiger partial charge in [0.15, 0.2) is 17.6 Å². The average Bonchev–Trinajstić information content (AvgIpc) is 2.63. The van der Waals surface area contributed by atoms with Gasteiger partial charge >= 0.3 is 5.97 Å². The van der Waals surface area contributed by atoms with Gasteiger partial charge in [0.2, 0.25) is 6.10 Å². The van der Waals surface area contributed by atoms with Gasteiger partial charge in [-0.15, -0.1) is 0 Å². The zero-order valence-electron chi connectivity index (χ0n) is 13.7. The molecule has 26 heavy (non-hydrogen) atoms. The van der Waals surface area contributed by atoms with Crippen molar-refractivity contribution in [3.8, 4) is 11.5 Å². The number of nitrogens with one attached hydrogen (secondary N) is 1. The van der Waals surface area contributed by atoms with Gasteiger partial charge in [-0.1, -0.05) is 12.1 Å². The van der Waals surface area contributed by atoms with Crippen LogP contribution in [0.15, 0.2) is 42.5 Å². The summed E-state index contributed by atoms with van der Waals surface area (Å²) >= 11 is 0. The van der Waals surface area contributed by atoms with Crippen LogP contribution in [0, 0.1) is 11.6 Å². The third kappa shape index (κ3) is 3.90. The summed E-state index contributed by atoms with van der Waals surface area (Å²) in [5, 5.41) is 2.23. The molecule has 0 unspecified atom stereocenters. The average molecular weight is 363 g/mol. The number of halogens is 2. The summed E-state index contributed by atoms with van der Waals surface area (Å²) in [4.78, 5) is 24.2. The number of hydrogen-bond acceptors (Lipinski definition) is 5. The molecule has 2 aromatic rings. The van der Waals surface area contributed by atoms with E-state index >= 15 is 0 Å². The highest BCUT2D eigenvalue weighted by Crippen LogP contribution is 2.31. The van der Waals surface area contributed by atoms with Gasteiger partial charge in [0, 0.05) is 6.07 Å². The lowest BCUT2D eigenvalue weighted by atomic mass is 10.2. The van der Waals surface area contributed by atoms with Crippen molar-refractivity contribution in [2.75, 3.05) is 11.9 Å². The Morgan fingerprint density at radius 1 is 1.19 bits per heavy atom. The molecule has 1 aliphatic rings. The fraction of sp³-hybridized carbons (Fsp3) is 0.222. The highest BCUT2D eigenvalue weighted by atomic mass is 19.1. The molecule has 3 rings (SSSR count). The molecule has 1 aliphatic heterocycles. The van der Waals surface area contributed by atoms with Gasteiger partial charge < -0.3 is 19.5 Å². The number of esters is 1. The molecule has 0 saturated carbocycles. The van der Waals surface area contributed by atoms with Crippen LogP contribution in [0.2, 0.25) is 0 Å². The van der Waals surface area contributed by atoms with Crippen LogP contribution in [0.1, 0.15) is 6.92 Å². The van der Waals surface area contributed by atoms with E-state index in [1.165, 1.54) is 6.92 Å². The lowest BCUT2D eigenvalue weighted by molar-refractivity contribution is -0.162. The molecule has 0 bridgehead atoms. The van der Waals surface area contributed by atoms with Crippen molar-refractivity contribution in [2.45, 2.75) is 19.1 Å². The lowest BCUT2D eigenvalue weighted by Crippen LogP contribution is -2.41. The minimum Gasteiger partial charge on any atom is -0.485 e. The van der Waals surface area contributed by atoms with E-state index in [4.69, 9.17) is 14.2 Å². The molecule has 1 amide bonds. The highest BCUT2D eigenvalue weighted by Gasteiger charge is 2.31. The minimum atomic E-state index is -1.22. The number of amides is 1. The fourth-order valence-corrected chi connectivity index (χ4v) is 2.26. The molecular formula is C18H15F2NO5. The Hall–Kier alpha value is -3.16. The first-order valence-electron chi connectivity index (χ1n) is 7.79. The lowest BCUT2D eigenvalue weighted by Gasteiger charge is -2.25. The van der Waals surface area contributed by atoms with Gasteiger partial charge in [0.1, 0.15) is 18.2 Å². The summed E-state index contributed by atoms with van der Waals surface area (Å²) in [7, 11) is 0. The molecule has 0 fully saturated rings. The number of rotatable bonds is 4. The van der Waals surface area contributed by atoms with Crippen molar-refractivity contribution < 1.29 is 32.6 Å². The molecule has 0 saturated heterocycles. The van der Waals surface area contributed by atoms with E-state index in [-0.39, 0.29) is 12.3 Å². The summed E-state index contributed by atoms with van der Waals surface area (Å²) in [5.41, 5.74) is -0.217. The van der Waals surface area contributed by atoms with Crippen LogP contribution >= 0.6 is 0 Å². The monoisotopic (exact) mass is 363 g/mol. The van der Waals surface area contributed by atoms with Crippen molar-refractivity contribution in [3.63, 3.8) is 0 Å². The summed E-state index contributed by atoms with van der Waals surface area (Å²) in [6.07, 6.45) is -2.24. The maximum absolute atomic E-state index is 13.6. The summed E-state index contributed by atoms with van der Waals surface area (Å²) in [6, 6.07) is 9.54. The van der Waals surface area contributed by atoms with Crippen molar-refractivity contribution >= 4 is 17.6 Å². The zero-order valence-corrected chi connectivity index (χ0v) is 13.7. The molecule has 0 radical (unpaired) electrons. The van der Waals surface area contributed by atoms with E-state index in [0.717, 1.165) is 12.1 Å². The van der Waals surface area contributed by atoms with Gasteiger partial charge in [-0.25, -0.2) is 13.6 Å². The Bertz CT molecular complexity index is 842. The van der Waals surface area contributed by atoms with Crippen LogP contribution in [-0.2, 0) is 14.3 Å². The number of carbonyl (C=O) groups is 2. The Morgan fingerprint density at radius 2 is 1.92 bits per heavy atom. The maximum Gasteiger partial charge on any atom is 0.351 e. The first-order valence-corrected chi connectivity index (χ1v) is 7.79. The molecular weight excluding hydrogens is 348 g/mol. The SMILES string of the molecule is C[C@H](OC(=O)[C@H]1COc2ccccc2O1)C(=O)Nc1ccc(F)cc1F. The number of para-hydroxylation sites is 2. The number of fused-ring (bicyclic) bond motifs is 1. The standard InChI is InChI=1S/C18H15F2NO5/c1-10(17(22)21-13-7-6-11(19)8-12(13)20)25-18(23)16-9-24-14-4-2-3-5-15(14)26-16/h2-8,10,16H,9H2,1H3,(H,21,22)/t10-,16+/m0/s1. The molecule has 1 N–H and O–H groups in total. The largest absolute Gasteiger partial charge is 0.485 e. The Balaban J connectivity index is 1.58. The van der Waals surface area contributed by atoms with E-state index in [0.29, 0.717) is 17.6 Å². The Morgan fingerprint density at radius 3 is 2.65 bits per heavy atom. The fourth-order valence-electron chi connectivity index (χ4n) is 2.26. The van der Waals surface area contributed by atoms with Crippen LogP contribution in [0.3, 0.4) is 0 Å². The van der Waals surface area contributed by atoms with Gasteiger partial charge in [0.25, 0.3) is 5.91 Å². The molecule has 0 aromatic heterocycles. The van der Waals surface area contributed by atoms with Crippen molar-refractivity contribution in [1.82, 2.24) is 0 Å². The molecule has 6 nitrogen and oxygen atoms in total. The molecule has 0 spiro atoms. The third-order valence-corrected chi connectivity index (χ3v) is 3.62. The van der Waals surface area contributed by atoms with E-state index in [1.54, 1.807) is 24.3 Å². The second-order valence-corrected chi connectivity index (χ2v) is 5.56. The molecule has 2 aromatic carbocycles. The van der Waals surface area contributed by atoms with Crippen LogP contribution < -0.4 is 14.8 Å². The van der Waals surface area contributed by atoms with Crippen molar-refractivity contribution in [2.24, 2.45) is 0 Å². The smallest absolute Gasteiger partial charge is 0.351 e. The Kier molecular flexibility index (Phi) is 5.01. The number of ether oxygens (including phenoxy) is 3. The van der Waals surface area contributed by atoms with E-state index in [9.17, 15) is 18.4 Å². The van der Waals surface area contributed by atoms with E-state index < -0.39 is 35.7 Å². The van der Waals surface area contributed by atoms with E-state index in [2.05, 4.69) is 5.32 Å². The predicted octanol–water partition coefficient (Wildman–Crippen LogP) is 2.67. The summed E-state index contributed by atoms with van der Waals surface area (Å²) < 4.78 is 42.4. The van der Waals surface area contributed by atoms with Crippen molar-refractivity contribution in [3.05, 3.63) is 54.1 Å². The molecule has 8 heteroatoms. The Labute approximate surface area is 147 Å². The van der Waals surface area contributed by atoms with Gasteiger partial charge in [-0.2, -0.15) is 0 Å². The van der Waals surface area contributed by atoms with Crippen LogP contribution in [0.5, 0.6) is 11.5 Å². The second kappa shape index (κ2) is 7.38. The third-order valence-electron chi connectivity index (χ3n) is 3.62. The first-order chi connectivity index (χ1) is 12.4. The predicted molar refractivity (Wildman–Crippen MR) is 86.9 cm³/mol. The second-order valence-electron chi connectivity index (χ2n) is 5.56. The topological polar surface area (TPSA) is 73.9 Å². The van der Waals surface area contributed by atoms with Gasteiger partial charge in [-0.3, -0.25) is 4.79 Å². The number of hydrogen-bond donors (Lipinski definition) is 1. The van der Waals surface area contributed by atoms with Crippen molar-refractivity contribution in [1.29, 1.82) is 0 Å². The highest BCUT2D eigenvalue weighted by molar-refractivity contribution is 5.95. The molecule has 0 aliphatic carbocycles. The summed E-state index contributed by atoms with van der Waals surface area (Å²) in [5.74, 6) is -2.35. The van der Waals surface area contributed by atoms with Crippen LogP contribution in [0.25, 0.3) is 0 Å². The number of anilines is 1.